The van der Waals surface area contributed by atoms with Crippen molar-refractivity contribution in [3.05, 3.63) is 76.8 Å². The monoisotopic (exact) mass is 396 g/mol. The van der Waals surface area contributed by atoms with E-state index in [0.717, 1.165) is 24.3 Å². The molecule has 0 radical (unpaired) electrons. The molecule has 28 heavy (non-hydrogen) atoms. The number of nitrogens with zero attached hydrogens (tertiary/aromatic N) is 4. The predicted molar refractivity (Wildman–Crippen MR) is 109 cm³/mol. The third-order valence-electron chi connectivity index (χ3n) is 5.09. The molecule has 0 aliphatic carbocycles. The smallest absolute Gasteiger partial charge is 0.259 e. The topological polar surface area (TPSA) is 55.5 Å². The normalized spacial score (nSPS) is 14.4. The van der Waals surface area contributed by atoms with Crippen LogP contribution >= 0.6 is 11.6 Å². The van der Waals surface area contributed by atoms with Crippen molar-refractivity contribution in [1.29, 1.82) is 0 Å². The Labute approximate surface area is 169 Å². The molecular weight excluding hydrogens is 374 g/mol. The lowest BCUT2D eigenvalue weighted by Crippen LogP contribution is -2.49. The Bertz CT molecular complexity index is 950. The number of hydrogen-bond acceptors (Lipinski definition) is 3. The molecule has 1 aliphatic rings. The average molecular weight is 397 g/mol. The number of rotatable bonds is 4. The fraction of sp³-hybridized carbons (Fsp3) is 0.286. The van der Waals surface area contributed by atoms with Crippen LogP contribution in [-0.2, 0) is 6.54 Å². The Hall–Kier alpha value is -2.86. The van der Waals surface area contributed by atoms with E-state index in [9.17, 15) is 4.79 Å². The molecule has 6 nitrogen and oxygen atoms in total. The van der Waals surface area contributed by atoms with Crippen molar-refractivity contribution in [2.24, 2.45) is 0 Å². The second-order valence-corrected chi connectivity index (χ2v) is 7.29. The van der Waals surface area contributed by atoms with Gasteiger partial charge in [0.25, 0.3) is 5.91 Å². The lowest BCUT2D eigenvalue weighted by molar-refractivity contribution is -0.377. The Morgan fingerprint density at radius 2 is 1.75 bits per heavy atom. The lowest BCUT2D eigenvalue weighted by atomic mass is 10.2. The number of hydrogen-bond donors (Lipinski definition) is 0. The Morgan fingerprint density at radius 3 is 2.43 bits per heavy atom. The number of benzene rings is 1. The van der Waals surface area contributed by atoms with Crippen LogP contribution in [0.2, 0.25) is 5.15 Å². The van der Waals surface area contributed by atoms with E-state index in [-0.39, 0.29) is 5.91 Å². The number of aromatic nitrogens is 3. The summed E-state index contributed by atoms with van der Waals surface area (Å²) in [6, 6.07) is 14.1. The number of carbonyl (C=O) groups is 1. The minimum atomic E-state index is -0.0390. The van der Waals surface area contributed by atoms with Crippen LogP contribution in [-0.4, -0.2) is 46.8 Å². The zero-order chi connectivity index (χ0) is 19.5. The largest absolute Gasteiger partial charge is 0.368 e. The average Bonchev–Trinajstić information content (AvgIpc) is 3.02. The molecule has 0 spiro atoms. The van der Waals surface area contributed by atoms with Gasteiger partial charge < -0.3 is 9.80 Å². The Kier molecular flexibility index (Phi) is 5.30. The van der Waals surface area contributed by atoms with Crippen molar-refractivity contribution in [3.63, 3.8) is 0 Å². The van der Waals surface area contributed by atoms with E-state index in [0.29, 0.717) is 36.0 Å². The molecule has 144 valence electrons. The van der Waals surface area contributed by atoms with Gasteiger partial charge in [-0.2, -0.15) is 5.10 Å². The second kappa shape index (κ2) is 8.02. The standard InChI is InChI=1S/C21H22ClN5O/c1-16-19(20(22)27(24-16)15-17-5-3-2-4-6-17)21(28)26-13-11-25(12-14-26)18-7-9-23-10-8-18/h2-10H,11-15H2,1H3/p+1. The molecule has 2 aromatic heterocycles. The summed E-state index contributed by atoms with van der Waals surface area (Å²) < 4.78 is 1.70. The first-order valence-electron chi connectivity index (χ1n) is 9.40. The highest BCUT2D eigenvalue weighted by Crippen LogP contribution is 2.24. The van der Waals surface area contributed by atoms with Crippen LogP contribution < -0.4 is 9.88 Å². The summed E-state index contributed by atoms with van der Waals surface area (Å²) in [5.41, 5.74) is 3.45. The second-order valence-electron chi connectivity index (χ2n) is 6.93. The number of piperazine rings is 1. The molecular formula is C21H23ClN5O+. The Morgan fingerprint density at radius 1 is 1.07 bits per heavy atom. The van der Waals surface area contributed by atoms with Crippen molar-refractivity contribution in [2.45, 2.75) is 13.5 Å². The van der Waals surface area contributed by atoms with Gasteiger partial charge in [0, 0.05) is 44.0 Å². The molecule has 0 unspecified atom stereocenters. The van der Waals surface area contributed by atoms with Gasteiger partial charge in [0.1, 0.15) is 5.15 Å². The van der Waals surface area contributed by atoms with Crippen LogP contribution in [0, 0.1) is 6.92 Å². The fourth-order valence-electron chi connectivity index (χ4n) is 3.57. The number of aryl methyl sites for hydroxylation is 1. The van der Waals surface area contributed by atoms with Crippen molar-refractivity contribution in [1.82, 2.24) is 14.7 Å². The van der Waals surface area contributed by atoms with Crippen LogP contribution in [0.1, 0.15) is 21.6 Å². The summed E-state index contributed by atoms with van der Waals surface area (Å²) in [4.78, 5) is 20.3. The molecule has 1 aliphatic heterocycles. The van der Waals surface area contributed by atoms with Crippen molar-refractivity contribution >= 4 is 23.2 Å². The van der Waals surface area contributed by atoms with Crippen LogP contribution in [0.25, 0.3) is 0 Å². The molecule has 1 fully saturated rings. The van der Waals surface area contributed by atoms with E-state index >= 15 is 0 Å². The highest BCUT2D eigenvalue weighted by Gasteiger charge is 2.28. The first kappa shape index (κ1) is 18.5. The summed E-state index contributed by atoms with van der Waals surface area (Å²) in [7, 11) is 0. The van der Waals surface area contributed by atoms with E-state index in [4.69, 9.17) is 11.6 Å². The molecule has 3 heterocycles. The van der Waals surface area contributed by atoms with Gasteiger partial charge in [-0.15, -0.1) is 0 Å². The van der Waals surface area contributed by atoms with E-state index in [1.165, 1.54) is 0 Å². The molecule has 0 saturated carbocycles. The quantitative estimate of drug-likeness (QED) is 0.681. The van der Waals surface area contributed by atoms with Gasteiger partial charge in [-0.1, -0.05) is 41.9 Å². The summed E-state index contributed by atoms with van der Waals surface area (Å²) in [5.74, 6) is -0.0390. The molecule has 1 amide bonds. The van der Waals surface area contributed by atoms with Crippen LogP contribution in [0.4, 0.5) is 5.69 Å². The summed E-state index contributed by atoms with van der Waals surface area (Å²) in [5, 5.41) is 4.92. The molecule has 0 atom stereocenters. The number of carbonyl (C=O) groups excluding carboxylic acids is 1. The number of H-pyrrole nitrogens is 1. The molecule has 1 aromatic carbocycles. The zero-order valence-electron chi connectivity index (χ0n) is 15.8. The first-order chi connectivity index (χ1) is 13.6. The van der Waals surface area contributed by atoms with Gasteiger partial charge in [0.05, 0.1) is 17.8 Å². The minimum absolute atomic E-state index is 0.0390. The fourth-order valence-corrected chi connectivity index (χ4v) is 3.89. The third kappa shape index (κ3) is 3.73. The zero-order valence-corrected chi connectivity index (χ0v) is 16.6. The van der Waals surface area contributed by atoms with E-state index in [1.54, 1.807) is 4.68 Å². The molecule has 1 saturated heterocycles. The van der Waals surface area contributed by atoms with Crippen molar-refractivity contribution in [2.75, 3.05) is 31.1 Å². The summed E-state index contributed by atoms with van der Waals surface area (Å²) in [6.07, 6.45) is 3.83. The summed E-state index contributed by atoms with van der Waals surface area (Å²) in [6.45, 7) is 5.31. The maximum absolute atomic E-state index is 13.1. The number of halogens is 1. The lowest BCUT2D eigenvalue weighted by Gasteiger charge is -2.35. The van der Waals surface area contributed by atoms with Gasteiger partial charge in [0.15, 0.2) is 12.4 Å². The van der Waals surface area contributed by atoms with Gasteiger partial charge in [-0.3, -0.25) is 4.79 Å². The molecule has 0 bridgehead atoms. The van der Waals surface area contributed by atoms with Crippen molar-refractivity contribution < 1.29 is 9.78 Å². The summed E-state index contributed by atoms with van der Waals surface area (Å²) >= 11 is 6.56. The SMILES string of the molecule is Cc1nn(Cc2ccccc2)c(Cl)c1C(=O)N1CCN(c2cc[nH+]cc2)CC1. The van der Waals surface area contributed by atoms with Crippen LogP contribution in [0.15, 0.2) is 54.9 Å². The van der Waals surface area contributed by atoms with Gasteiger partial charge in [-0.25, -0.2) is 9.67 Å². The van der Waals surface area contributed by atoms with Gasteiger partial charge >= 0.3 is 0 Å². The maximum Gasteiger partial charge on any atom is 0.259 e. The number of aromatic amines is 1. The number of amides is 1. The number of anilines is 1. The third-order valence-corrected chi connectivity index (χ3v) is 5.47. The van der Waals surface area contributed by atoms with E-state index < -0.39 is 0 Å². The maximum atomic E-state index is 13.1. The van der Waals surface area contributed by atoms with Crippen LogP contribution in [0.5, 0.6) is 0 Å². The van der Waals surface area contributed by atoms with E-state index in [1.807, 2.05) is 66.7 Å². The van der Waals surface area contributed by atoms with Crippen LogP contribution in [0.3, 0.4) is 0 Å². The first-order valence-corrected chi connectivity index (χ1v) is 9.78. The van der Waals surface area contributed by atoms with Gasteiger partial charge in [0.2, 0.25) is 0 Å². The van der Waals surface area contributed by atoms with Gasteiger partial charge in [-0.05, 0) is 12.5 Å². The van der Waals surface area contributed by atoms with Crippen molar-refractivity contribution in [3.8, 4) is 0 Å². The molecule has 4 rings (SSSR count). The molecule has 7 heteroatoms. The van der Waals surface area contributed by atoms with E-state index in [2.05, 4.69) is 15.0 Å². The predicted octanol–water partition coefficient (Wildman–Crippen LogP) is 2.67. The number of nitrogens with one attached hydrogen (secondary N) is 1. The highest BCUT2D eigenvalue weighted by molar-refractivity contribution is 6.33. The Balaban J connectivity index is 1.47. The minimum Gasteiger partial charge on any atom is -0.368 e. The molecule has 3 aromatic rings. The highest BCUT2D eigenvalue weighted by atomic mass is 35.5. The number of pyridine rings is 1. The molecule has 1 N–H and O–H groups in total.